The molecule has 2 aliphatic rings. The predicted molar refractivity (Wildman–Crippen MR) is 148 cm³/mol. The van der Waals surface area contributed by atoms with Gasteiger partial charge in [0.05, 0.1) is 35.7 Å². The fraction of sp³-hybridized carbons (Fsp3) is 0.400. The Labute approximate surface area is 253 Å². The number of rotatable bonds is 6. The van der Waals surface area contributed by atoms with E-state index in [1.165, 1.54) is 19.1 Å². The number of alkyl halides is 6. The lowest BCUT2D eigenvalue weighted by molar-refractivity contribution is -0.143. The number of hydrogen-bond donors (Lipinski definition) is 1. The molecule has 0 unspecified atom stereocenters. The number of anilines is 1. The molecular weight excluding hydrogens is 607 g/mol. The molecular formula is C30H28F7N7O. The van der Waals surface area contributed by atoms with Crippen LogP contribution < -0.4 is 10.6 Å². The van der Waals surface area contributed by atoms with Gasteiger partial charge in [0.2, 0.25) is 0 Å². The maximum Gasteiger partial charge on any atom is 0.416 e. The number of nitrogens with two attached hydrogens (primary N) is 1. The van der Waals surface area contributed by atoms with Crippen molar-refractivity contribution in [2.75, 3.05) is 18.0 Å². The Balaban J connectivity index is 1.31. The van der Waals surface area contributed by atoms with E-state index in [4.69, 9.17) is 10.5 Å². The minimum absolute atomic E-state index is 0.0662. The zero-order valence-corrected chi connectivity index (χ0v) is 23.9. The molecule has 0 spiro atoms. The standard InChI is InChI=1S/C30H28F7N7O/c1-16(18-8-19(29(32,33)34)10-20(9-18)30(35,36)37)45-25-11-26-41-42-28(44(26)15-23(25)17-2-4-21(31)5-3-17)24-12-40-27(13-39-24)43-7-6-22(38)14-43/h2-5,8-10,12-13,16,22-23,25H,6-7,11,14-15,38H2,1H3/t16-,22+,23-,25+/m1/s1. The van der Waals surface area contributed by atoms with Crippen molar-refractivity contribution in [1.29, 1.82) is 0 Å². The molecule has 238 valence electrons. The number of benzene rings is 2. The Hall–Kier alpha value is -4.11. The second-order valence-electron chi connectivity index (χ2n) is 11.3. The van der Waals surface area contributed by atoms with E-state index in [-0.39, 0.29) is 30.6 Å². The summed E-state index contributed by atoms with van der Waals surface area (Å²) in [5.41, 5.74) is 3.98. The van der Waals surface area contributed by atoms with Gasteiger partial charge in [0.15, 0.2) is 5.82 Å². The molecule has 4 atom stereocenters. The summed E-state index contributed by atoms with van der Waals surface area (Å²) >= 11 is 0. The first kappa shape index (κ1) is 30.9. The molecule has 4 aromatic rings. The molecule has 2 aromatic carbocycles. The normalized spacial score (nSPS) is 21.2. The first-order chi connectivity index (χ1) is 21.3. The van der Waals surface area contributed by atoms with Crippen LogP contribution in [-0.4, -0.2) is 50.0 Å². The number of ether oxygens (including phenoxy) is 1. The fourth-order valence-corrected chi connectivity index (χ4v) is 5.83. The van der Waals surface area contributed by atoms with Crippen molar-refractivity contribution in [3.8, 4) is 11.5 Å². The van der Waals surface area contributed by atoms with Crippen molar-refractivity contribution in [1.82, 2.24) is 24.7 Å². The summed E-state index contributed by atoms with van der Waals surface area (Å²) < 4.78 is 103. The molecule has 0 aliphatic carbocycles. The summed E-state index contributed by atoms with van der Waals surface area (Å²) in [4.78, 5) is 11.1. The minimum atomic E-state index is -4.99. The lowest BCUT2D eigenvalue weighted by atomic mass is 9.88. The Morgan fingerprint density at radius 2 is 1.60 bits per heavy atom. The van der Waals surface area contributed by atoms with Crippen molar-refractivity contribution in [3.05, 3.63) is 88.8 Å². The van der Waals surface area contributed by atoms with E-state index in [1.54, 1.807) is 24.5 Å². The van der Waals surface area contributed by atoms with E-state index in [9.17, 15) is 30.7 Å². The van der Waals surface area contributed by atoms with Gasteiger partial charge >= 0.3 is 12.4 Å². The Bertz CT molecular complexity index is 1620. The highest BCUT2D eigenvalue weighted by molar-refractivity contribution is 5.51. The lowest BCUT2D eigenvalue weighted by Gasteiger charge is -2.35. The summed E-state index contributed by atoms with van der Waals surface area (Å²) in [5, 5.41) is 8.60. The molecule has 0 bridgehead atoms. The number of halogens is 7. The molecule has 0 radical (unpaired) electrons. The highest BCUT2D eigenvalue weighted by Gasteiger charge is 2.39. The summed E-state index contributed by atoms with van der Waals surface area (Å²) in [6.07, 6.45) is -7.70. The van der Waals surface area contributed by atoms with Crippen molar-refractivity contribution in [2.24, 2.45) is 5.73 Å². The van der Waals surface area contributed by atoms with Crippen molar-refractivity contribution >= 4 is 5.82 Å². The third kappa shape index (κ3) is 6.50. The first-order valence-corrected chi connectivity index (χ1v) is 14.2. The highest BCUT2D eigenvalue weighted by atomic mass is 19.4. The van der Waals surface area contributed by atoms with Crippen LogP contribution in [0.5, 0.6) is 0 Å². The molecule has 0 amide bonds. The second-order valence-corrected chi connectivity index (χ2v) is 11.3. The molecule has 1 saturated heterocycles. The van der Waals surface area contributed by atoms with Gasteiger partial charge < -0.3 is 19.9 Å². The number of aromatic nitrogens is 5. The summed E-state index contributed by atoms with van der Waals surface area (Å²) in [6.45, 7) is 3.06. The van der Waals surface area contributed by atoms with Crippen LogP contribution in [0.3, 0.4) is 0 Å². The summed E-state index contributed by atoms with van der Waals surface area (Å²) in [6, 6.07) is 7.15. The molecule has 2 aliphatic heterocycles. The third-order valence-electron chi connectivity index (χ3n) is 8.21. The zero-order valence-electron chi connectivity index (χ0n) is 23.9. The monoisotopic (exact) mass is 635 g/mol. The third-order valence-corrected chi connectivity index (χ3v) is 8.21. The van der Waals surface area contributed by atoms with Gasteiger partial charge in [-0.2, -0.15) is 26.3 Å². The maximum atomic E-state index is 13.8. The van der Waals surface area contributed by atoms with Crippen LogP contribution in [0.25, 0.3) is 11.5 Å². The van der Waals surface area contributed by atoms with E-state index < -0.39 is 47.4 Å². The zero-order chi connectivity index (χ0) is 32.1. The molecule has 2 aromatic heterocycles. The molecule has 45 heavy (non-hydrogen) atoms. The molecule has 2 N–H and O–H groups in total. The maximum absolute atomic E-state index is 13.8. The quantitative estimate of drug-likeness (QED) is 0.262. The number of fused-ring (bicyclic) bond motifs is 1. The van der Waals surface area contributed by atoms with E-state index >= 15 is 0 Å². The van der Waals surface area contributed by atoms with E-state index in [0.717, 1.165) is 13.0 Å². The minimum Gasteiger partial charge on any atom is -0.369 e. The smallest absolute Gasteiger partial charge is 0.369 e. The van der Waals surface area contributed by atoms with Gasteiger partial charge in [0.25, 0.3) is 0 Å². The van der Waals surface area contributed by atoms with Crippen LogP contribution in [0.15, 0.2) is 54.9 Å². The van der Waals surface area contributed by atoms with E-state index in [1.807, 2.05) is 9.47 Å². The largest absolute Gasteiger partial charge is 0.416 e. The van der Waals surface area contributed by atoms with Gasteiger partial charge in [-0.3, -0.25) is 0 Å². The van der Waals surface area contributed by atoms with Crippen LogP contribution in [-0.2, 0) is 30.1 Å². The van der Waals surface area contributed by atoms with E-state index in [2.05, 4.69) is 20.2 Å². The summed E-state index contributed by atoms with van der Waals surface area (Å²) in [7, 11) is 0. The molecule has 6 rings (SSSR count). The van der Waals surface area contributed by atoms with E-state index in [0.29, 0.717) is 47.4 Å². The predicted octanol–water partition coefficient (Wildman–Crippen LogP) is 5.94. The average Bonchev–Trinajstić information content (AvgIpc) is 3.62. The van der Waals surface area contributed by atoms with Crippen molar-refractivity contribution in [2.45, 2.75) is 62.8 Å². The van der Waals surface area contributed by atoms with Crippen molar-refractivity contribution in [3.63, 3.8) is 0 Å². The first-order valence-electron chi connectivity index (χ1n) is 14.2. The molecule has 4 heterocycles. The fourth-order valence-electron chi connectivity index (χ4n) is 5.83. The van der Waals surface area contributed by atoms with Crippen LogP contribution >= 0.6 is 0 Å². The van der Waals surface area contributed by atoms with Crippen LogP contribution in [0, 0.1) is 5.82 Å². The van der Waals surface area contributed by atoms with Gasteiger partial charge in [-0.1, -0.05) is 12.1 Å². The van der Waals surface area contributed by atoms with Gasteiger partial charge in [0.1, 0.15) is 23.2 Å². The van der Waals surface area contributed by atoms with Crippen molar-refractivity contribution < 1.29 is 35.5 Å². The Morgan fingerprint density at radius 1 is 0.911 bits per heavy atom. The Morgan fingerprint density at radius 3 is 2.18 bits per heavy atom. The number of hydrogen-bond acceptors (Lipinski definition) is 7. The van der Waals surface area contributed by atoms with Gasteiger partial charge in [-0.25, -0.2) is 14.4 Å². The van der Waals surface area contributed by atoms with Crippen LogP contribution in [0.2, 0.25) is 0 Å². The van der Waals surface area contributed by atoms with Gasteiger partial charge in [-0.15, -0.1) is 10.2 Å². The van der Waals surface area contributed by atoms with Crippen LogP contribution in [0.1, 0.15) is 53.4 Å². The molecule has 8 nitrogen and oxygen atoms in total. The summed E-state index contributed by atoms with van der Waals surface area (Å²) in [5.74, 6) is 0.635. The van der Waals surface area contributed by atoms with Gasteiger partial charge in [-0.05, 0) is 54.8 Å². The molecule has 1 fully saturated rings. The average molecular weight is 636 g/mol. The molecule has 0 saturated carbocycles. The second kappa shape index (κ2) is 11.7. The Kier molecular flexibility index (Phi) is 8.01. The number of nitrogens with zero attached hydrogens (tertiary/aromatic N) is 6. The SMILES string of the molecule is C[C@@H](O[C@H]1Cc2nnc(-c3cnc(N4CC[C@H](N)C4)cn3)n2C[C@@H]1c1ccc(F)cc1)c1cc(C(F)(F)F)cc(C(F)(F)F)c1. The molecule has 15 heteroatoms. The highest BCUT2D eigenvalue weighted by Crippen LogP contribution is 2.40. The lowest BCUT2D eigenvalue weighted by Crippen LogP contribution is -2.35. The van der Waals surface area contributed by atoms with Gasteiger partial charge in [0, 0.05) is 38.0 Å². The van der Waals surface area contributed by atoms with Crippen LogP contribution in [0.4, 0.5) is 36.6 Å². The topological polar surface area (TPSA) is 95.0 Å².